The van der Waals surface area contributed by atoms with Crippen LogP contribution >= 0.6 is 0 Å². The molecule has 0 bridgehead atoms. The summed E-state index contributed by atoms with van der Waals surface area (Å²) in [6, 6.07) is 9.08. The minimum atomic E-state index is -0.972. The van der Waals surface area contributed by atoms with Gasteiger partial charge in [0, 0.05) is 18.2 Å². The summed E-state index contributed by atoms with van der Waals surface area (Å²) >= 11 is 0. The normalized spacial score (nSPS) is 12.9. The highest BCUT2D eigenvalue weighted by atomic mass is 16.7. The fourth-order valence-corrected chi connectivity index (χ4v) is 2.48. The number of nitrogens with zero attached hydrogens (tertiary/aromatic N) is 1. The van der Waals surface area contributed by atoms with Crippen LogP contribution in [0.5, 0.6) is 17.2 Å². The Morgan fingerprint density at radius 2 is 2.07 bits per heavy atom. The zero-order valence-electron chi connectivity index (χ0n) is 14.3. The third-order valence-electron chi connectivity index (χ3n) is 3.89. The van der Waals surface area contributed by atoms with Gasteiger partial charge in [-0.25, -0.2) is 0 Å². The summed E-state index contributed by atoms with van der Waals surface area (Å²) in [4.78, 5) is 33.5. The van der Waals surface area contributed by atoms with Crippen LogP contribution < -0.4 is 19.5 Å². The third-order valence-corrected chi connectivity index (χ3v) is 3.89. The van der Waals surface area contributed by atoms with E-state index in [0.717, 1.165) is 11.6 Å². The highest BCUT2D eigenvalue weighted by Crippen LogP contribution is 2.32. The van der Waals surface area contributed by atoms with Crippen molar-refractivity contribution in [1.82, 2.24) is 5.32 Å². The predicted octanol–water partition coefficient (Wildman–Crippen LogP) is 2.22. The Balaban J connectivity index is 1.62. The van der Waals surface area contributed by atoms with Gasteiger partial charge in [0.2, 0.25) is 6.79 Å². The Morgan fingerprint density at radius 3 is 2.81 bits per heavy atom. The molecule has 0 fully saturated rings. The third kappa shape index (κ3) is 4.14. The molecular formula is C18H16N2O7. The Bertz CT molecular complexity index is 897. The number of nitrogens with one attached hydrogen (secondary N) is 1. The van der Waals surface area contributed by atoms with Crippen molar-refractivity contribution < 1.29 is 28.7 Å². The molecule has 27 heavy (non-hydrogen) atoms. The summed E-state index contributed by atoms with van der Waals surface area (Å²) in [7, 11) is 0. The summed E-state index contributed by atoms with van der Waals surface area (Å²) < 4.78 is 15.9. The number of aldehydes is 1. The predicted molar refractivity (Wildman–Crippen MR) is 93.0 cm³/mol. The molecule has 1 atom stereocenters. The molecule has 0 unspecified atom stereocenters. The van der Waals surface area contributed by atoms with Crippen molar-refractivity contribution in [3.63, 3.8) is 0 Å². The van der Waals surface area contributed by atoms with Gasteiger partial charge in [-0.3, -0.25) is 19.7 Å². The van der Waals surface area contributed by atoms with Crippen LogP contribution in [0.2, 0.25) is 0 Å². The van der Waals surface area contributed by atoms with Gasteiger partial charge in [-0.05, 0) is 36.8 Å². The van der Waals surface area contributed by atoms with E-state index in [2.05, 4.69) is 5.32 Å². The molecule has 2 aromatic rings. The van der Waals surface area contributed by atoms with Gasteiger partial charge in [-0.15, -0.1) is 0 Å². The number of ether oxygens (including phenoxy) is 3. The molecule has 3 rings (SSSR count). The Kier molecular flexibility index (Phi) is 5.20. The molecule has 0 spiro atoms. The van der Waals surface area contributed by atoms with Gasteiger partial charge < -0.3 is 19.5 Å². The Hall–Kier alpha value is -3.62. The average molecular weight is 372 g/mol. The van der Waals surface area contributed by atoms with Gasteiger partial charge in [0.1, 0.15) is 6.29 Å². The van der Waals surface area contributed by atoms with E-state index in [-0.39, 0.29) is 30.3 Å². The first-order valence-electron chi connectivity index (χ1n) is 8.04. The summed E-state index contributed by atoms with van der Waals surface area (Å²) in [5.41, 5.74) is 0.574. The summed E-state index contributed by atoms with van der Waals surface area (Å²) in [6.45, 7) is 1.87. The average Bonchev–Trinajstić information content (AvgIpc) is 3.13. The van der Waals surface area contributed by atoms with Gasteiger partial charge in [0.25, 0.3) is 5.91 Å². The minimum Gasteiger partial charge on any atom is -0.474 e. The monoisotopic (exact) mass is 372 g/mol. The molecule has 1 heterocycles. The van der Waals surface area contributed by atoms with E-state index in [4.69, 9.17) is 14.2 Å². The number of carbonyl (C=O) groups excluding carboxylic acids is 2. The lowest BCUT2D eigenvalue weighted by molar-refractivity contribution is -0.386. The number of fused-ring (bicyclic) bond motifs is 1. The number of amides is 1. The molecule has 1 N–H and O–H groups in total. The lowest BCUT2D eigenvalue weighted by Crippen LogP contribution is -2.36. The van der Waals surface area contributed by atoms with Gasteiger partial charge in [-0.2, -0.15) is 0 Å². The summed E-state index contributed by atoms with van der Waals surface area (Å²) in [6.07, 6.45) is -0.474. The second-order valence-corrected chi connectivity index (χ2v) is 5.77. The molecule has 0 radical (unpaired) electrons. The van der Waals surface area contributed by atoms with E-state index >= 15 is 0 Å². The summed E-state index contributed by atoms with van der Waals surface area (Å²) in [5.74, 6) is 0.725. The molecule has 1 aliphatic heterocycles. The van der Waals surface area contributed by atoms with Crippen molar-refractivity contribution >= 4 is 17.9 Å². The fraction of sp³-hybridized carbons (Fsp3) is 0.222. The van der Waals surface area contributed by atoms with Crippen molar-refractivity contribution in [3.05, 3.63) is 57.6 Å². The second-order valence-electron chi connectivity index (χ2n) is 5.77. The molecule has 0 saturated heterocycles. The van der Waals surface area contributed by atoms with Crippen molar-refractivity contribution in [2.75, 3.05) is 6.79 Å². The fourth-order valence-electron chi connectivity index (χ4n) is 2.48. The molecule has 0 aliphatic carbocycles. The van der Waals surface area contributed by atoms with Crippen LogP contribution in [0.25, 0.3) is 0 Å². The number of hydrogen-bond acceptors (Lipinski definition) is 7. The van der Waals surface area contributed by atoms with E-state index < -0.39 is 16.9 Å². The summed E-state index contributed by atoms with van der Waals surface area (Å²) in [5, 5.41) is 13.8. The van der Waals surface area contributed by atoms with Crippen LogP contribution in [-0.4, -0.2) is 30.0 Å². The maximum atomic E-state index is 12.2. The Labute approximate surface area is 154 Å². The molecule has 2 aromatic carbocycles. The molecule has 140 valence electrons. The first-order chi connectivity index (χ1) is 13.0. The first-order valence-corrected chi connectivity index (χ1v) is 8.04. The quantitative estimate of drug-likeness (QED) is 0.450. The van der Waals surface area contributed by atoms with Crippen LogP contribution in [-0.2, 0) is 11.3 Å². The molecule has 1 amide bonds. The van der Waals surface area contributed by atoms with E-state index in [1.165, 1.54) is 19.1 Å². The topological polar surface area (TPSA) is 117 Å². The molecule has 0 saturated carbocycles. The van der Waals surface area contributed by atoms with Crippen LogP contribution in [0.3, 0.4) is 0 Å². The second kappa shape index (κ2) is 7.73. The number of rotatable bonds is 7. The number of hydrogen-bond donors (Lipinski definition) is 1. The van der Waals surface area contributed by atoms with E-state index in [0.29, 0.717) is 17.8 Å². The number of carbonyl (C=O) groups is 2. The highest BCUT2D eigenvalue weighted by molar-refractivity contribution is 5.81. The van der Waals surface area contributed by atoms with Crippen LogP contribution in [0.4, 0.5) is 5.69 Å². The van der Waals surface area contributed by atoms with E-state index in [9.17, 15) is 19.7 Å². The zero-order valence-corrected chi connectivity index (χ0v) is 14.3. The molecule has 9 heteroatoms. The SMILES string of the molecule is C[C@H](Oc1ccc(C=O)cc1[N+](=O)[O-])C(=O)NCc1ccc2c(c1)OCO2. The standard InChI is InChI=1S/C18H16N2O7/c1-11(27-15-4-3-13(9-21)6-14(15)20(23)24)18(22)19-8-12-2-5-16-17(7-12)26-10-25-16/h2-7,9,11H,8,10H2,1H3,(H,19,22)/t11-/m0/s1. The molecule has 1 aliphatic rings. The highest BCUT2D eigenvalue weighted by Gasteiger charge is 2.22. The van der Waals surface area contributed by atoms with Crippen LogP contribution in [0.15, 0.2) is 36.4 Å². The largest absolute Gasteiger partial charge is 0.474 e. The zero-order chi connectivity index (χ0) is 19.4. The van der Waals surface area contributed by atoms with Crippen molar-refractivity contribution in [2.24, 2.45) is 0 Å². The number of benzene rings is 2. The minimum absolute atomic E-state index is 0.0867. The van der Waals surface area contributed by atoms with Gasteiger partial charge in [0.05, 0.1) is 4.92 Å². The maximum absolute atomic E-state index is 12.2. The van der Waals surface area contributed by atoms with Crippen LogP contribution in [0.1, 0.15) is 22.8 Å². The van der Waals surface area contributed by atoms with Gasteiger partial charge in [-0.1, -0.05) is 6.07 Å². The van der Waals surface area contributed by atoms with Crippen molar-refractivity contribution in [2.45, 2.75) is 19.6 Å². The molecule has 9 nitrogen and oxygen atoms in total. The number of nitro benzene ring substituents is 1. The Morgan fingerprint density at radius 1 is 1.30 bits per heavy atom. The molecular weight excluding hydrogens is 356 g/mol. The van der Waals surface area contributed by atoms with Crippen molar-refractivity contribution in [1.29, 1.82) is 0 Å². The lowest BCUT2D eigenvalue weighted by Gasteiger charge is -2.15. The van der Waals surface area contributed by atoms with Crippen LogP contribution in [0, 0.1) is 10.1 Å². The molecule has 0 aromatic heterocycles. The van der Waals surface area contributed by atoms with Crippen molar-refractivity contribution in [3.8, 4) is 17.2 Å². The first kappa shape index (κ1) is 18.2. The van der Waals surface area contributed by atoms with Gasteiger partial charge in [0.15, 0.2) is 23.4 Å². The maximum Gasteiger partial charge on any atom is 0.311 e. The number of nitro groups is 1. The van der Waals surface area contributed by atoms with E-state index in [1.54, 1.807) is 18.2 Å². The smallest absolute Gasteiger partial charge is 0.311 e. The van der Waals surface area contributed by atoms with E-state index in [1.807, 2.05) is 0 Å². The van der Waals surface area contributed by atoms with Gasteiger partial charge >= 0.3 is 5.69 Å². The lowest BCUT2D eigenvalue weighted by atomic mass is 10.2.